The molecule has 1 N–H and O–H groups in total. The molecule has 0 spiro atoms. The maximum Gasteiger partial charge on any atom is 0.616 e. The summed E-state index contributed by atoms with van der Waals surface area (Å²) in [6.07, 6.45) is -1.35. The molecule has 0 aromatic heterocycles. The molecule has 3 nitrogen and oxygen atoms in total. The maximum absolute atomic E-state index is 11.6. The van der Waals surface area contributed by atoms with Gasteiger partial charge in [-0.2, -0.15) is 0 Å². The summed E-state index contributed by atoms with van der Waals surface area (Å²) in [5, 5.41) is 7.94. The first-order chi connectivity index (χ1) is 5.42. The molecule has 0 amide bonds. The zero-order valence-corrected chi connectivity index (χ0v) is 7.23. The molecular weight excluding hydrogens is 193 g/mol. The molecule has 0 saturated heterocycles. The molecule has 0 aliphatic rings. The Labute approximate surface area is 68.7 Å². The van der Waals surface area contributed by atoms with Crippen molar-refractivity contribution in [2.45, 2.75) is 18.9 Å². The minimum Gasteiger partial charge on any atom is -0.450 e. The van der Waals surface area contributed by atoms with Crippen molar-refractivity contribution in [3.63, 3.8) is 0 Å². The second-order valence-electron chi connectivity index (χ2n) is 2.19. The summed E-state index contributed by atoms with van der Waals surface area (Å²) >= 11 is 0. The molecule has 0 bridgehead atoms. The largest absolute Gasteiger partial charge is 0.616 e. The number of carboxylic acid groups (broad SMARTS) is 1. The lowest BCUT2D eigenvalue weighted by Crippen LogP contribution is -2.14. The molecule has 0 rings (SSSR count). The van der Waals surface area contributed by atoms with Gasteiger partial charge in [0.05, 0.1) is 6.61 Å². The number of hydrogen-bond acceptors (Lipinski definition) is 2. The Balaban J connectivity index is 3.17. The van der Waals surface area contributed by atoms with Crippen LogP contribution in [0.25, 0.3) is 0 Å². The molecule has 0 aliphatic heterocycles. The molecule has 12 heavy (non-hydrogen) atoms. The molecule has 0 aromatic rings. The third kappa shape index (κ3) is 9.28. The molecular formula is C5H9F3O3Si. The molecule has 72 valence electrons. The summed E-state index contributed by atoms with van der Waals surface area (Å²) in [7, 11) is -5.44. The zero-order valence-electron chi connectivity index (χ0n) is 6.23. The third-order valence-corrected chi connectivity index (χ3v) is 2.00. The van der Waals surface area contributed by atoms with E-state index in [1.54, 1.807) is 0 Å². The Morgan fingerprint density at radius 2 is 1.92 bits per heavy atom. The second-order valence-corrected chi connectivity index (χ2v) is 3.92. The van der Waals surface area contributed by atoms with Gasteiger partial charge in [0.15, 0.2) is 0 Å². The van der Waals surface area contributed by atoms with Gasteiger partial charge in [-0.3, -0.25) is 0 Å². The smallest absolute Gasteiger partial charge is 0.450 e. The minimum absolute atomic E-state index is 0.0387. The van der Waals surface area contributed by atoms with E-state index in [1.807, 2.05) is 0 Å². The van der Waals surface area contributed by atoms with Crippen molar-refractivity contribution >= 4 is 15.2 Å². The van der Waals surface area contributed by atoms with E-state index >= 15 is 0 Å². The van der Waals surface area contributed by atoms with Crippen LogP contribution in [-0.2, 0) is 4.74 Å². The Bertz CT molecular complexity index is 147. The predicted octanol–water partition coefficient (Wildman–Crippen LogP) is 2.31. The van der Waals surface area contributed by atoms with Crippen molar-refractivity contribution in [3.05, 3.63) is 0 Å². The highest BCUT2D eigenvalue weighted by atomic mass is 28.5. The molecule has 0 aliphatic carbocycles. The molecule has 0 radical (unpaired) electrons. The van der Waals surface area contributed by atoms with Gasteiger partial charge < -0.3 is 9.84 Å². The van der Waals surface area contributed by atoms with Gasteiger partial charge in [0.2, 0.25) is 0 Å². The van der Waals surface area contributed by atoms with Gasteiger partial charge in [-0.1, -0.05) is 0 Å². The molecule has 0 heterocycles. The van der Waals surface area contributed by atoms with Gasteiger partial charge in [-0.05, 0) is 12.8 Å². The summed E-state index contributed by atoms with van der Waals surface area (Å²) < 4.78 is 38.9. The van der Waals surface area contributed by atoms with Crippen molar-refractivity contribution in [2.24, 2.45) is 0 Å². The van der Waals surface area contributed by atoms with Gasteiger partial charge in [0.1, 0.15) is 0 Å². The first-order valence-electron chi connectivity index (χ1n) is 3.34. The Hall–Kier alpha value is -0.723. The predicted molar refractivity (Wildman–Crippen MR) is 37.1 cm³/mol. The fraction of sp³-hybridized carbons (Fsp3) is 0.800. The van der Waals surface area contributed by atoms with Crippen LogP contribution < -0.4 is 0 Å². The standard InChI is InChI=1S/C5H9F3O3Si/c6-12(7,8)4-2-1-3-11-5(9)10/h1-4H2,(H,9,10). The van der Waals surface area contributed by atoms with Crippen LogP contribution >= 0.6 is 0 Å². The second kappa shape index (κ2) is 5.02. The number of carbonyl (C=O) groups is 1. The van der Waals surface area contributed by atoms with E-state index < -0.39 is 21.3 Å². The summed E-state index contributed by atoms with van der Waals surface area (Å²) in [4.78, 5) is 9.72. The van der Waals surface area contributed by atoms with E-state index in [9.17, 15) is 17.1 Å². The molecule has 0 atom stereocenters. The van der Waals surface area contributed by atoms with E-state index in [1.165, 1.54) is 0 Å². The lowest BCUT2D eigenvalue weighted by Gasteiger charge is -2.01. The first-order valence-corrected chi connectivity index (χ1v) is 5.18. The van der Waals surface area contributed by atoms with Crippen molar-refractivity contribution in [3.8, 4) is 0 Å². The normalized spacial score (nSPS) is 11.2. The van der Waals surface area contributed by atoms with Crippen molar-refractivity contribution in [1.29, 1.82) is 0 Å². The average Bonchev–Trinajstić information content (AvgIpc) is 1.83. The van der Waals surface area contributed by atoms with Gasteiger partial charge in [0, 0.05) is 6.04 Å². The maximum atomic E-state index is 11.6. The molecule has 0 fully saturated rings. The molecule has 0 saturated carbocycles. The summed E-state index contributed by atoms with van der Waals surface area (Å²) in [5.41, 5.74) is 0. The number of rotatable bonds is 5. The summed E-state index contributed by atoms with van der Waals surface area (Å²) in [6.45, 7) is -0.153. The zero-order chi connectivity index (χ0) is 9.61. The van der Waals surface area contributed by atoms with Crippen molar-refractivity contribution in [1.82, 2.24) is 0 Å². The Morgan fingerprint density at radius 1 is 1.33 bits per heavy atom. The summed E-state index contributed by atoms with van der Waals surface area (Å²) in [6, 6.07) is -0.754. The van der Waals surface area contributed by atoms with Crippen LogP contribution in [0, 0.1) is 0 Å². The molecule has 0 unspecified atom stereocenters. The lowest BCUT2D eigenvalue weighted by atomic mass is 10.4. The van der Waals surface area contributed by atoms with Crippen molar-refractivity contribution in [2.75, 3.05) is 6.61 Å². The molecule has 7 heteroatoms. The van der Waals surface area contributed by atoms with E-state index in [4.69, 9.17) is 5.11 Å². The van der Waals surface area contributed by atoms with Gasteiger partial charge in [-0.15, -0.1) is 0 Å². The highest BCUT2D eigenvalue weighted by Gasteiger charge is 2.35. The minimum atomic E-state index is -5.44. The van der Waals surface area contributed by atoms with E-state index in [0.717, 1.165) is 0 Å². The fourth-order valence-corrected chi connectivity index (χ4v) is 1.24. The van der Waals surface area contributed by atoms with E-state index in [2.05, 4.69) is 4.74 Å². The van der Waals surface area contributed by atoms with Crippen LogP contribution in [0.2, 0.25) is 6.04 Å². The van der Waals surface area contributed by atoms with Gasteiger partial charge in [0.25, 0.3) is 0 Å². The van der Waals surface area contributed by atoms with Gasteiger partial charge in [-0.25, -0.2) is 17.1 Å². The highest BCUT2D eigenvalue weighted by Crippen LogP contribution is 2.17. The van der Waals surface area contributed by atoms with Crippen LogP contribution in [0.1, 0.15) is 12.8 Å². The average molecular weight is 202 g/mol. The van der Waals surface area contributed by atoms with Crippen molar-refractivity contribution < 1.29 is 27.0 Å². The lowest BCUT2D eigenvalue weighted by molar-refractivity contribution is 0.0904. The van der Waals surface area contributed by atoms with Crippen LogP contribution in [0.4, 0.5) is 17.1 Å². The quantitative estimate of drug-likeness (QED) is 0.322. The number of hydrogen-bond donors (Lipinski definition) is 1. The summed E-state index contributed by atoms with van der Waals surface area (Å²) in [5.74, 6) is 0. The monoisotopic (exact) mass is 202 g/mol. The number of halogens is 3. The van der Waals surface area contributed by atoms with Crippen LogP contribution in [0.15, 0.2) is 0 Å². The van der Waals surface area contributed by atoms with Gasteiger partial charge >= 0.3 is 15.2 Å². The number of ether oxygens (including phenoxy) is 1. The number of unbranched alkanes of at least 4 members (excludes halogenated alkanes) is 1. The Morgan fingerprint density at radius 3 is 2.33 bits per heavy atom. The van der Waals surface area contributed by atoms with E-state index in [0.29, 0.717) is 0 Å². The van der Waals surface area contributed by atoms with Crippen LogP contribution in [0.3, 0.4) is 0 Å². The first kappa shape index (κ1) is 11.3. The SMILES string of the molecule is O=C(O)OCCCC[Si](F)(F)F. The topological polar surface area (TPSA) is 46.5 Å². The van der Waals surface area contributed by atoms with Crippen LogP contribution in [0.5, 0.6) is 0 Å². The fourth-order valence-electron chi connectivity index (χ4n) is 0.587. The van der Waals surface area contributed by atoms with Crippen LogP contribution in [-0.4, -0.2) is 26.9 Å². The molecule has 0 aromatic carbocycles. The Kier molecular flexibility index (Phi) is 4.71. The third-order valence-electron chi connectivity index (χ3n) is 1.08. The highest BCUT2D eigenvalue weighted by molar-refractivity contribution is 6.58. The van der Waals surface area contributed by atoms with E-state index in [-0.39, 0.29) is 19.4 Å².